The largest absolute Gasteiger partial charge is 0.382 e. The summed E-state index contributed by atoms with van der Waals surface area (Å²) in [5, 5.41) is 7.00. The summed E-state index contributed by atoms with van der Waals surface area (Å²) in [6.07, 6.45) is 2.00. The van der Waals surface area contributed by atoms with E-state index in [1.165, 1.54) is 6.07 Å². The van der Waals surface area contributed by atoms with Crippen LogP contribution in [0.3, 0.4) is 0 Å². The van der Waals surface area contributed by atoms with Gasteiger partial charge in [-0.2, -0.15) is 5.10 Å². The maximum atomic E-state index is 14.1. The number of rotatable bonds is 3. The number of aromatic nitrogens is 2. The van der Waals surface area contributed by atoms with Gasteiger partial charge in [0.25, 0.3) is 0 Å². The highest BCUT2D eigenvalue weighted by Crippen LogP contribution is 2.39. The number of anilines is 1. The Morgan fingerprint density at radius 1 is 1.05 bits per heavy atom. The quantitative estimate of drug-likeness (QED) is 0.713. The van der Waals surface area contributed by atoms with E-state index in [1.54, 1.807) is 30.0 Å². The lowest BCUT2D eigenvalue weighted by Gasteiger charge is -2.09. The third kappa shape index (κ3) is 2.40. The van der Waals surface area contributed by atoms with Gasteiger partial charge in [-0.1, -0.05) is 36.4 Å². The minimum atomic E-state index is -0.312. The van der Waals surface area contributed by atoms with Crippen molar-refractivity contribution < 1.29 is 4.39 Å². The molecule has 2 aromatic carbocycles. The van der Waals surface area contributed by atoms with Crippen LogP contribution in [0.4, 0.5) is 10.2 Å². The van der Waals surface area contributed by atoms with Gasteiger partial charge in [-0.25, -0.2) is 4.39 Å². The average molecular weight is 299 g/mol. The normalized spacial score (nSPS) is 10.8. The minimum absolute atomic E-state index is 0.297. The lowest BCUT2D eigenvalue weighted by atomic mass is 10.0. The molecule has 0 fully saturated rings. The van der Waals surface area contributed by atoms with Crippen molar-refractivity contribution in [2.75, 3.05) is 12.0 Å². The molecule has 0 aliphatic rings. The van der Waals surface area contributed by atoms with E-state index in [0.717, 1.165) is 16.2 Å². The first kappa shape index (κ1) is 13.7. The third-order valence-corrected chi connectivity index (χ3v) is 4.11. The second kappa shape index (κ2) is 5.61. The number of aromatic amines is 1. The molecule has 0 spiro atoms. The van der Waals surface area contributed by atoms with E-state index >= 15 is 0 Å². The van der Waals surface area contributed by atoms with Gasteiger partial charge in [-0.15, -0.1) is 11.8 Å². The number of nitrogen functional groups attached to an aromatic ring is 1. The number of nitrogens with one attached hydrogen (secondary N) is 1. The van der Waals surface area contributed by atoms with Crippen LogP contribution >= 0.6 is 11.8 Å². The summed E-state index contributed by atoms with van der Waals surface area (Å²) < 4.78 is 14.1. The molecule has 0 amide bonds. The summed E-state index contributed by atoms with van der Waals surface area (Å²) >= 11 is 1.63. The lowest BCUT2D eigenvalue weighted by molar-refractivity contribution is 0.631. The standard InChI is InChI=1S/C16H14FN3S/c1-21-13-9-5-3-7-11(13)15-14(16(18)20-19-15)10-6-2-4-8-12(10)17/h2-9H,1H3,(H3,18,19,20). The lowest BCUT2D eigenvalue weighted by Crippen LogP contribution is -1.92. The van der Waals surface area contributed by atoms with Crippen molar-refractivity contribution in [3.63, 3.8) is 0 Å². The van der Waals surface area contributed by atoms with Gasteiger partial charge in [0.2, 0.25) is 0 Å². The Balaban J connectivity index is 2.25. The number of halogens is 1. The Hall–Kier alpha value is -2.27. The molecule has 3 nitrogen and oxygen atoms in total. The van der Waals surface area contributed by atoms with Crippen LogP contribution in [0.15, 0.2) is 53.4 Å². The second-order valence-electron chi connectivity index (χ2n) is 4.54. The van der Waals surface area contributed by atoms with Crippen molar-refractivity contribution in [2.45, 2.75) is 4.90 Å². The molecule has 5 heteroatoms. The maximum Gasteiger partial charge on any atom is 0.153 e. The van der Waals surface area contributed by atoms with Gasteiger partial charge in [0, 0.05) is 16.0 Å². The Bertz CT molecular complexity index is 783. The van der Waals surface area contributed by atoms with Crippen LogP contribution in [-0.2, 0) is 0 Å². The number of nitrogens with zero attached hydrogens (tertiary/aromatic N) is 1. The monoisotopic (exact) mass is 299 g/mol. The molecule has 0 aliphatic carbocycles. The molecule has 0 saturated heterocycles. The zero-order valence-corrected chi connectivity index (χ0v) is 12.2. The first-order valence-corrected chi connectivity index (χ1v) is 7.67. The fourth-order valence-corrected chi connectivity index (χ4v) is 2.94. The highest BCUT2D eigenvalue weighted by molar-refractivity contribution is 7.98. The molecule has 3 aromatic rings. The van der Waals surface area contributed by atoms with Crippen LogP contribution < -0.4 is 5.73 Å². The molecule has 1 aromatic heterocycles. The zero-order valence-electron chi connectivity index (χ0n) is 11.4. The molecular formula is C16H14FN3S. The first-order valence-electron chi connectivity index (χ1n) is 6.44. The fraction of sp³-hybridized carbons (Fsp3) is 0.0625. The molecule has 0 bridgehead atoms. The van der Waals surface area contributed by atoms with E-state index in [4.69, 9.17) is 5.73 Å². The Morgan fingerprint density at radius 2 is 1.71 bits per heavy atom. The molecule has 0 radical (unpaired) electrons. The van der Waals surface area contributed by atoms with E-state index in [1.807, 2.05) is 30.5 Å². The number of hydrogen-bond donors (Lipinski definition) is 2. The predicted molar refractivity (Wildman–Crippen MR) is 85.6 cm³/mol. The van der Waals surface area contributed by atoms with Crippen LogP contribution in [0, 0.1) is 5.82 Å². The molecule has 0 atom stereocenters. The number of nitrogens with two attached hydrogens (primary N) is 1. The van der Waals surface area contributed by atoms with Crippen molar-refractivity contribution in [1.29, 1.82) is 0 Å². The highest BCUT2D eigenvalue weighted by atomic mass is 32.2. The third-order valence-electron chi connectivity index (χ3n) is 3.31. The Kier molecular flexibility index (Phi) is 3.66. The van der Waals surface area contributed by atoms with Gasteiger partial charge in [0.15, 0.2) is 5.82 Å². The molecule has 3 rings (SSSR count). The van der Waals surface area contributed by atoms with Crippen LogP contribution in [0.1, 0.15) is 0 Å². The topological polar surface area (TPSA) is 54.7 Å². The van der Waals surface area contributed by atoms with Crippen LogP contribution in [0.2, 0.25) is 0 Å². The number of hydrogen-bond acceptors (Lipinski definition) is 3. The summed E-state index contributed by atoms with van der Waals surface area (Å²) in [6, 6.07) is 14.5. The van der Waals surface area contributed by atoms with Crippen molar-refractivity contribution in [3.05, 3.63) is 54.3 Å². The summed E-state index contributed by atoms with van der Waals surface area (Å²) in [7, 11) is 0. The second-order valence-corrected chi connectivity index (χ2v) is 5.39. The maximum absolute atomic E-state index is 14.1. The molecule has 0 unspecified atom stereocenters. The van der Waals surface area contributed by atoms with E-state index in [9.17, 15) is 4.39 Å². The SMILES string of the molecule is CSc1ccccc1-c1[nH]nc(N)c1-c1ccccc1F. The van der Waals surface area contributed by atoms with E-state index in [-0.39, 0.29) is 5.82 Å². The van der Waals surface area contributed by atoms with E-state index in [0.29, 0.717) is 16.9 Å². The predicted octanol–water partition coefficient (Wildman–Crippen LogP) is 4.19. The molecule has 0 aliphatic heterocycles. The average Bonchev–Trinajstić information content (AvgIpc) is 2.89. The van der Waals surface area contributed by atoms with Crippen LogP contribution in [0.25, 0.3) is 22.4 Å². The Morgan fingerprint density at radius 3 is 2.43 bits per heavy atom. The van der Waals surface area contributed by atoms with Gasteiger partial charge in [-0.05, 0) is 18.4 Å². The van der Waals surface area contributed by atoms with Gasteiger partial charge in [-0.3, -0.25) is 5.10 Å². The summed E-state index contributed by atoms with van der Waals surface area (Å²) in [5.74, 6) is -0.0144. The summed E-state index contributed by atoms with van der Waals surface area (Å²) in [4.78, 5) is 1.08. The zero-order chi connectivity index (χ0) is 14.8. The summed E-state index contributed by atoms with van der Waals surface area (Å²) in [6.45, 7) is 0. The molecule has 106 valence electrons. The number of thioether (sulfide) groups is 1. The number of H-pyrrole nitrogens is 1. The molecular weight excluding hydrogens is 285 g/mol. The van der Waals surface area contributed by atoms with E-state index in [2.05, 4.69) is 10.2 Å². The van der Waals surface area contributed by atoms with Crippen LogP contribution in [0.5, 0.6) is 0 Å². The van der Waals surface area contributed by atoms with Crippen molar-refractivity contribution in [3.8, 4) is 22.4 Å². The highest BCUT2D eigenvalue weighted by Gasteiger charge is 2.19. The van der Waals surface area contributed by atoms with Crippen molar-refractivity contribution in [1.82, 2.24) is 10.2 Å². The van der Waals surface area contributed by atoms with Gasteiger partial charge >= 0.3 is 0 Å². The number of benzene rings is 2. The van der Waals surface area contributed by atoms with Crippen molar-refractivity contribution in [2.24, 2.45) is 0 Å². The van der Waals surface area contributed by atoms with Gasteiger partial charge < -0.3 is 5.73 Å². The minimum Gasteiger partial charge on any atom is -0.382 e. The van der Waals surface area contributed by atoms with Gasteiger partial charge in [0.1, 0.15) is 5.82 Å². The van der Waals surface area contributed by atoms with Crippen molar-refractivity contribution >= 4 is 17.6 Å². The summed E-state index contributed by atoms with van der Waals surface area (Å²) in [5.41, 5.74) is 8.72. The smallest absolute Gasteiger partial charge is 0.153 e. The van der Waals surface area contributed by atoms with E-state index < -0.39 is 0 Å². The molecule has 1 heterocycles. The van der Waals surface area contributed by atoms with Gasteiger partial charge in [0.05, 0.1) is 11.3 Å². The fourth-order valence-electron chi connectivity index (χ4n) is 2.34. The molecule has 0 saturated carbocycles. The Labute approximate surface area is 126 Å². The van der Waals surface area contributed by atoms with Crippen LogP contribution in [-0.4, -0.2) is 16.5 Å². The molecule has 21 heavy (non-hydrogen) atoms. The molecule has 3 N–H and O–H groups in total. The first-order chi connectivity index (χ1) is 10.2.